The predicted octanol–water partition coefficient (Wildman–Crippen LogP) is 0.00960. The lowest BCUT2D eigenvalue weighted by Gasteiger charge is -1.79. The van der Waals surface area contributed by atoms with E-state index in [1.165, 1.54) is 6.08 Å². The Balaban J connectivity index is 3.20. The third kappa shape index (κ3) is 5.17. The molecule has 0 heterocycles. The third-order valence-corrected chi connectivity index (χ3v) is 0.556. The van der Waals surface area contributed by atoms with Gasteiger partial charge in [-0.2, -0.15) is 0 Å². The molecule has 0 aliphatic carbocycles. The largest absolute Gasteiger partial charge is 0.478 e. The summed E-state index contributed by atoms with van der Waals surface area (Å²) in [5.41, 5.74) is 0. The van der Waals surface area contributed by atoms with E-state index in [4.69, 9.17) is 10.2 Å². The molecule has 8 heavy (non-hydrogen) atoms. The highest BCUT2D eigenvalue weighted by atomic mass is 16.4. The zero-order valence-electron chi connectivity index (χ0n) is 4.37. The number of rotatable bonds is 3. The lowest BCUT2D eigenvalue weighted by atomic mass is 10.4. The van der Waals surface area contributed by atoms with Crippen LogP contribution in [0.5, 0.6) is 0 Å². The van der Waals surface area contributed by atoms with Crippen molar-refractivity contribution in [3.8, 4) is 0 Å². The molecule has 0 unspecified atom stereocenters. The van der Waals surface area contributed by atoms with E-state index < -0.39 is 5.97 Å². The van der Waals surface area contributed by atoms with Crippen LogP contribution in [0.2, 0.25) is 0 Å². The Labute approximate surface area is 47.3 Å². The molecule has 3 heteroatoms. The normalized spacial score (nSPS) is 10.1. The second-order valence-electron chi connectivity index (χ2n) is 1.25. The van der Waals surface area contributed by atoms with E-state index in [1.807, 2.05) is 0 Å². The summed E-state index contributed by atoms with van der Waals surface area (Å²) in [5.74, 6) is -0.974. The smallest absolute Gasteiger partial charge is 0.327 e. The molecule has 0 aromatic rings. The number of carboxylic acids is 1. The zero-order valence-corrected chi connectivity index (χ0v) is 4.37. The van der Waals surface area contributed by atoms with Crippen molar-refractivity contribution in [1.82, 2.24) is 0 Å². The van der Waals surface area contributed by atoms with Gasteiger partial charge in [-0.25, -0.2) is 4.79 Å². The maximum absolute atomic E-state index is 9.71. The van der Waals surface area contributed by atoms with Crippen LogP contribution in [0, 0.1) is 0 Å². The summed E-state index contributed by atoms with van der Waals surface area (Å²) in [6, 6.07) is 0. The van der Waals surface area contributed by atoms with Crippen LogP contribution >= 0.6 is 0 Å². The highest BCUT2D eigenvalue weighted by molar-refractivity contribution is 5.79. The van der Waals surface area contributed by atoms with Gasteiger partial charge in [-0.3, -0.25) is 0 Å². The van der Waals surface area contributed by atoms with Crippen LogP contribution in [0.25, 0.3) is 0 Å². The van der Waals surface area contributed by atoms with Crippen molar-refractivity contribution in [2.75, 3.05) is 6.61 Å². The first-order valence-electron chi connectivity index (χ1n) is 2.27. The van der Waals surface area contributed by atoms with Gasteiger partial charge < -0.3 is 10.2 Å². The molecule has 2 N–H and O–H groups in total. The van der Waals surface area contributed by atoms with E-state index >= 15 is 0 Å². The van der Waals surface area contributed by atoms with Crippen molar-refractivity contribution in [1.29, 1.82) is 0 Å². The summed E-state index contributed by atoms with van der Waals surface area (Å²) in [6.45, 7) is 0.00375. The first-order chi connectivity index (χ1) is 3.77. The monoisotopic (exact) mass is 116 g/mol. The Morgan fingerprint density at radius 3 is 2.62 bits per heavy atom. The van der Waals surface area contributed by atoms with E-state index in [0.717, 1.165) is 6.08 Å². The molecule has 0 spiro atoms. The fraction of sp³-hybridized carbons (Fsp3) is 0.400. The minimum Gasteiger partial charge on any atom is -0.478 e. The summed E-state index contributed by atoms with van der Waals surface area (Å²) >= 11 is 0. The minimum atomic E-state index is -0.974. The fourth-order valence-electron chi connectivity index (χ4n) is 0.259. The van der Waals surface area contributed by atoms with Crippen molar-refractivity contribution in [3.05, 3.63) is 12.2 Å². The zero-order chi connectivity index (χ0) is 6.41. The molecule has 0 saturated carbocycles. The van der Waals surface area contributed by atoms with Crippen LogP contribution in [0.3, 0.4) is 0 Å². The van der Waals surface area contributed by atoms with Crippen LogP contribution in [-0.4, -0.2) is 22.8 Å². The van der Waals surface area contributed by atoms with E-state index in [2.05, 4.69) is 0 Å². The number of hydrogen-bond acceptors (Lipinski definition) is 2. The van der Waals surface area contributed by atoms with Gasteiger partial charge in [0.15, 0.2) is 0 Å². The molecule has 0 fully saturated rings. The van der Waals surface area contributed by atoms with Gasteiger partial charge in [0.25, 0.3) is 0 Å². The summed E-state index contributed by atoms with van der Waals surface area (Å²) in [6.07, 6.45) is 2.82. The van der Waals surface area contributed by atoms with Gasteiger partial charge in [-0.1, -0.05) is 6.08 Å². The molecule has 0 aliphatic heterocycles. The quantitative estimate of drug-likeness (QED) is 0.510. The van der Waals surface area contributed by atoms with Crippen molar-refractivity contribution in [2.24, 2.45) is 0 Å². The van der Waals surface area contributed by atoms with Crippen LogP contribution < -0.4 is 0 Å². The molecular formula is C5H8O3. The molecule has 0 bridgehead atoms. The molecule has 0 atom stereocenters. The van der Waals surface area contributed by atoms with Gasteiger partial charge in [0.2, 0.25) is 0 Å². The molecule has 0 aromatic heterocycles. The number of aliphatic carboxylic acids is 1. The Bertz CT molecular complexity index is 95.8. The molecule has 46 valence electrons. The standard InChI is InChI=1S/C5H8O3/c6-4-2-1-3-5(7)8/h1,3,6H,2,4H2,(H,7,8). The molecule has 3 nitrogen and oxygen atoms in total. The molecule has 0 rings (SSSR count). The first kappa shape index (κ1) is 7.17. The average molecular weight is 116 g/mol. The van der Waals surface area contributed by atoms with Crippen LogP contribution in [0.15, 0.2) is 12.2 Å². The predicted molar refractivity (Wildman–Crippen MR) is 28.5 cm³/mol. The van der Waals surface area contributed by atoms with E-state index in [9.17, 15) is 4.79 Å². The second kappa shape index (κ2) is 4.33. The maximum Gasteiger partial charge on any atom is 0.327 e. The van der Waals surface area contributed by atoms with Gasteiger partial charge in [0, 0.05) is 12.7 Å². The Morgan fingerprint density at radius 2 is 2.25 bits per heavy atom. The summed E-state index contributed by atoms with van der Waals surface area (Å²) in [7, 11) is 0. The van der Waals surface area contributed by atoms with E-state index in [1.54, 1.807) is 0 Å². The molecule has 0 amide bonds. The van der Waals surface area contributed by atoms with Crippen molar-refractivity contribution in [3.63, 3.8) is 0 Å². The van der Waals surface area contributed by atoms with E-state index in [0.29, 0.717) is 6.42 Å². The van der Waals surface area contributed by atoms with Gasteiger partial charge in [-0.05, 0) is 6.42 Å². The van der Waals surface area contributed by atoms with Crippen LogP contribution in [0.4, 0.5) is 0 Å². The number of hydrogen-bond donors (Lipinski definition) is 2. The summed E-state index contributed by atoms with van der Waals surface area (Å²) in [5, 5.41) is 16.1. The highest BCUT2D eigenvalue weighted by Crippen LogP contribution is 1.78. The molecule has 0 saturated heterocycles. The van der Waals surface area contributed by atoms with Gasteiger partial charge in [-0.15, -0.1) is 0 Å². The number of carboxylic acid groups (broad SMARTS) is 1. The lowest BCUT2D eigenvalue weighted by molar-refractivity contribution is -0.131. The average Bonchev–Trinajstić information content (AvgIpc) is 1.66. The topological polar surface area (TPSA) is 57.5 Å². The van der Waals surface area contributed by atoms with Gasteiger partial charge in [0.1, 0.15) is 0 Å². The summed E-state index contributed by atoms with van der Waals surface area (Å²) < 4.78 is 0. The molecular weight excluding hydrogens is 108 g/mol. The van der Waals surface area contributed by atoms with Crippen LogP contribution in [0.1, 0.15) is 6.42 Å². The highest BCUT2D eigenvalue weighted by Gasteiger charge is 1.81. The van der Waals surface area contributed by atoms with Gasteiger partial charge in [0.05, 0.1) is 0 Å². The number of carbonyl (C=O) groups is 1. The molecule has 0 radical (unpaired) electrons. The van der Waals surface area contributed by atoms with Crippen molar-refractivity contribution in [2.45, 2.75) is 6.42 Å². The fourth-order valence-corrected chi connectivity index (χ4v) is 0.259. The second-order valence-corrected chi connectivity index (χ2v) is 1.25. The van der Waals surface area contributed by atoms with Crippen LogP contribution in [-0.2, 0) is 4.79 Å². The number of aliphatic hydroxyl groups is 1. The van der Waals surface area contributed by atoms with Gasteiger partial charge >= 0.3 is 5.97 Å². The Morgan fingerprint density at radius 1 is 1.62 bits per heavy atom. The third-order valence-electron chi connectivity index (χ3n) is 0.556. The van der Waals surface area contributed by atoms with Crippen molar-refractivity contribution >= 4 is 5.97 Å². The van der Waals surface area contributed by atoms with Crippen molar-refractivity contribution < 1.29 is 15.0 Å². The lowest BCUT2D eigenvalue weighted by Crippen LogP contribution is -1.86. The Hall–Kier alpha value is -0.830. The minimum absolute atomic E-state index is 0.00375. The Kier molecular flexibility index (Phi) is 3.88. The number of aliphatic hydroxyl groups excluding tert-OH is 1. The SMILES string of the molecule is O=C(O)C=CCCO. The molecule has 0 aromatic carbocycles. The molecule has 0 aliphatic rings. The van der Waals surface area contributed by atoms with E-state index in [-0.39, 0.29) is 6.61 Å². The summed E-state index contributed by atoms with van der Waals surface area (Å²) in [4.78, 5) is 9.71. The maximum atomic E-state index is 9.71. The first-order valence-corrected chi connectivity index (χ1v) is 2.27.